The van der Waals surface area contributed by atoms with Crippen molar-refractivity contribution in [2.45, 2.75) is 6.92 Å². The zero-order valence-corrected chi connectivity index (χ0v) is 5.94. The first-order valence-corrected chi connectivity index (χ1v) is 3.04. The number of allylic oxidation sites excluding steroid dienone is 1. The Kier molecular flexibility index (Phi) is 2.06. The van der Waals surface area contributed by atoms with Crippen molar-refractivity contribution in [2.24, 2.45) is 9.98 Å². The molecule has 2 amide bonds. The van der Waals surface area contributed by atoms with Crippen molar-refractivity contribution in [3.63, 3.8) is 0 Å². The van der Waals surface area contributed by atoms with Crippen LogP contribution in [0.15, 0.2) is 22.1 Å². The molecule has 1 aliphatic heterocycles. The van der Waals surface area contributed by atoms with Crippen LogP contribution in [0.2, 0.25) is 0 Å². The third kappa shape index (κ3) is 1.93. The summed E-state index contributed by atoms with van der Waals surface area (Å²) in [6, 6.07) is 0. The molecule has 0 saturated carbocycles. The van der Waals surface area contributed by atoms with Crippen LogP contribution in [0.25, 0.3) is 0 Å². The van der Waals surface area contributed by atoms with Crippen molar-refractivity contribution in [1.29, 1.82) is 0 Å². The Labute approximate surface area is 63.3 Å². The van der Waals surface area contributed by atoms with Gasteiger partial charge in [0.25, 0.3) is 5.91 Å². The van der Waals surface area contributed by atoms with E-state index in [0.29, 0.717) is 0 Å². The maximum atomic E-state index is 10.8. The monoisotopic (exact) mass is 150 g/mol. The first-order valence-electron chi connectivity index (χ1n) is 3.04. The summed E-state index contributed by atoms with van der Waals surface area (Å²) in [5.74, 6) is -0.863. The van der Waals surface area contributed by atoms with E-state index in [1.54, 1.807) is 6.08 Å². The van der Waals surface area contributed by atoms with Gasteiger partial charge < -0.3 is 0 Å². The summed E-state index contributed by atoms with van der Waals surface area (Å²) in [5.41, 5.74) is 0.0972. The van der Waals surface area contributed by atoms with E-state index in [1.807, 2.05) is 0 Å². The smallest absolute Gasteiger partial charge is 0.273 e. The molecule has 4 heteroatoms. The normalized spacial score (nSPS) is 19.4. The molecule has 0 spiro atoms. The van der Waals surface area contributed by atoms with Crippen molar-refractivity contribution in [2.75, 3.05) is 0 Å². The number of hydrogen-bond acceptors (Lipinski definition) is 2. The Morgan fingerprint density at radius 1 is 1.64 bits per heavy atom. The second kappa shape index (κ2) is 3.01. The largest absolute Gasteiger partial charge is 0.295 e. The fourth-order valence-corrected chi connectivity index (χ4v) is 0.637. The second-order valence-electron chi connectivity index (χ2n) is 1.96. The van der Waals surface area contributed by atoms with Crippen molar-refractivity contribution >= 4 is 23.7 Å². The van der Waals surface area contributed by atoms with Crippen molar-refractivity contribution in [3.8, 4) is 0 Å². The molecule has 0 aromatic carbocycles. The number of carbonyl (C=O) groups is 2. The van der Waals surface area contributed by atoms with Crippen LogP contribution in [0.1, 0.15) is 6.92 Å². The van der Waals surface area contributed by atoms with Gasteiger partial charge in [0.15, 0.2) is 0 Å². The predicted octanol–water partition coefficient (Wildman–Crippen LogP) is 0.141. The van der Waals surface area contributed by atoms with Crippen LogP contribution < -0.4 is 0 Å². The average molecular weight is 150 g/mol. The maximum Gasteiger partial charge on any atom is 0.295 e. The minimum absolute atomic E-state index is 0.0972. The average Bonchev–Trinajstić information content (AvgIpc) is 1.93. The van der Waals surface area contributed by atoms with Gasteiger partial charge >= 0.3 is 0 Å². The van der Waals surface area contributed by atoms with E-state index in [4.69, 9.17) is 0 Å². The molecule has 0 aromatic heterocycles. The predicted molar refractivity (Wildman–Crippen MR) is 40.8 cm³/mol. The Bertz CT molecular complexity index is 287. The van der Waals surface area contributed by atoms with Crippen LogP contribution in [0.3, 0.4) is 0 Å². The lowest BCUT2D eigenvalue weighted by Gasteiger charge is -1.95. The van der Waals surface area contributed by atoms with Gasteiger partial charge in [-0.2, -0.15) is 0 Å². The highest BCUT2D eigenvalue weighted by molar-refractivity contribution is 6.47. The molecule has 0 unspecified atom stereocenters. The highest BCUT2D eigenvalue weighted by Crippen LogP contribution is 1.92. The molecule has 0 bridgehead atoms. The Balaban J connectivity index is 2.90. The van der Waals surface area contributed by atoms with E-state index in [-0.39, 0.29) is 5.71 Å². The molecule has 0 aliphatic carbocycles. The van der Waals surface area contributed by atoms with Crippen LogP contribution in [0, 0.1) is 0 Å². The molecule has 4 nitrogen and oxygen atoms in total. The number of hydrogen-bond donors (Lipinski definition) is 0. The number of aliphatic imine (C=N–C) groups is 2. The summed E-state index contributed by atoms with van der Waals surface area (Å²) >= 11 is 0. The molecule has 1 rings (SSSR count). The summed E-state index contributed by atoms with van der Waals surface area (Å²) in [5, 5.41) is 0. The van der Waals surface area contributed by atoms with Gasteiger partial charge in [-0.05, 0) is 12.2 Å². The highest BCUT2D eigenvalue weighted by atomic mass is 16.2. The van der Waals surface area contributed by atoms with Crippen LogP contribution >= 0.6 is 0 Å². The summed E-state index contributed by atoms with van der Waals surface area (Å²) in [4.78, 5) is 28.1. The Morgan fingerprint density at radius 3 is 2.91 bits per heavy atom. The molecular weight excluding hydrogens is 144 g/mol. The van der Waals surface area contributed by atoms with Gasteiger partial charge in [0, 0.05) is 13.1 Å². The van der Waals surface area contributed by atoms with Gasteiger partial charge in [-0.1, -0.05) is 0 Å². The van der Waals surface area contributed by atoms with E-state index in [0.717, 1.165) is 0 Å². The molecule has 11 heavy (non-hydrogen) atoms. The molecule has 0 aromatic rings. The van der Waals surface area contributed by atoms with Crippen LogP contribution in [0.4, 0.5) is 0 Å². The summed E-state index contributed by atoms with van der Waals surface area (Å²) in [7, 11) is 0. The summed E-state index contributed by atoms with van der Waals surface area (Å²) in [6.07, 6.45) is 4.38. The highest BCUT2D eigenvalue weighted by Gasteiger charge is 2.08. The third-order valence-electron chi connectivity index (χ3n) is 1.03. The molecule has 56 valence electrons. The first kappa shape index (κ1) is 7.53. The number of amides is 2. The molecule has 1 aliphatic rings. The van der Waals surface area contributed by atoms with E-state index in [1.165, 1.54) is 19.2 Å². The number of carbonyl (C=O) groups excluding carboxylic acids is 2. The van der Waals surface area contributed by atoms with Gasteiger partial charge in [-0.25, -0.2) is 9.98 Å². The van der Waals surface area contributed by atoms with E-state index < -0.39 is 11.8 Å². The van der Waals surface area contributed by atoms with Crippen molar-refractivity contribution < 1.29 is 9.59 Å². The van der Waals surface area contributed by atoms with Gasteiger partial charge in [0.1, 0.15) is 5.71 Å². The SMILES string of the molecule is CC(=O)N=C1C=CC=NC1=O. The number of dihydropyridines is 1. The third-order valence-corrected chi connectivity index (χ3v) is 1.03. The Hall–Kier alpha value is -1.58. The Morgan fingerprint density at radius 2 is 2.36 bits per heavy atom. The second-order valence-corrected chi connectivity index (χ2v) is 1.96. The lowest BCUT2D eigenvalue weighted by atomic mass is 10.3. The van der Waals surface area contributed by atoms with Crippen LogP contribution in [-0.2, 0) is 9.59 Å². The molecule has 0 saturated heterocycles. The fraction of sp³-hybridized carbons (Fsp3) is 0.143. The fourth-order valence-electron chi connectivity index (χ4n) is 0.637. The van der Waals surface area contributed by atoms with Gasteiger partial charge in [0.2, 0.25) is 5.91 Å². The molecule has 0 radical (unpaired) electrons. The van der Waals surface area contributed by atoms with Crippen LogP contribution in [-0.4, -0.2) is 23.7 Å². The topological polar surface area (TPSA) is 58.9 Å². The van der Waals surface area contributed by atoms with Gasteiger partial charge in [-0.15, -0.1) is 0 Å². The van der Waals surface area contributed by atoms with E-state index >= 15 is 0 Å². The van der Waals surface area contributed by atoms with E-state index in [9.17, 15) is 9.59 Å². The maximum absolute atomic E-state index is 10.8. The lowest BCUT2D eigenvalue weighted by molar-refractivity contribution is -0.116. The molecule has 0 fully saturated rings. The number of nitrogens with zero attached hydrogens (tertiary/aromatic N) is 2. The zero-order chi connectivity index (χ0) is 8.27. The lowest BCUT2D eigenvalue weighted by Crippen LogP contribution is -2.13. The minimum Gasteiger partial charge on any atom is -0.273 e. The molecule has 0 atom stereocenters. The standard InChI is InChI=1S/C7H6N2O2/c1-5(10)9-6-3-2-4-8-7(6)11/h2-4H,1H3. The van der Waals surface area contributed by atoms with Gasteiger partial charge in [0.05, 0.1) is 0 Å². The summed E-state index contributed by atoms with van der Waals surface area (Å²) < 4.78 is 0. The number of rotatable bonds is 0. The van der Waals surface area contributed by atoms with Gasteiger partial charge in [-0.3, -0.25) is 9.59 Å². The minimum atomic E-state index is -0.470. The quantitative estimate of drug-likeness (QED) is 0.493. The molecule has 0 N–H and O–H groups in total. The van der Waals surface area contributed by atoms with Crippen molar-refractivity contribution in [3.05, 3.63) is 12.2 Å². The molecule has 1 heterocycles. The first-order chi connectivity index (χ1) is 5.20. The summed E-state index contributed by atoms with van der Waals surface area (Å²) in [6.45, 7) is 1.28. The van der Waals surface area contributed by atoms with Crippen molar-refractivity contribution in [1.82, 2.24) is 0 Å². The molecular formula is C7H6N2O2. The zero-order valence-electron chi connectivity index (χ0n) is 5.94. The van der Waals surface area contributed by atoms with E-state index in [2.05, 4.69) is 9.98 Å². The van der Waals surface area contributed by atoms with Crippen LogP contribution in [0.5, 0.6) is 0 Å².